The zero-order valence-electron chi connectivity index (χ0n) is 9.59. The molecule has 94 valence electrons. The minimum atomic E-state index is -3.97. The summed E-state index contributed by atoms with van der Waals surface area (Å²) in [6, 6.07) is 7.14. The largest absolute Gasteiger partial charge is 0.472 e. The second-order valence-corrected chi connectivity index (χ2v) is 6.55. The van der Waals surface area contributed by atoms with Crippen molar-refractivity contribution in [3.05, 3.63) is 34.9 Å². The minimum absolute atomic E-state index is 0.149. The van der Waals surface area contributed by atoms with Gasteiger partial charge in [0.05, 0.1) is 6.61 Å². The molecule has 0 amide bonds. The Balaban J connectivity index is 2.41. The number of phosphoric acid groups is 1. The average Bonchev–Trinajstić information content (AvgIpc) is 2.23. The number of hydrogen-bond acceptors (Lipinski definition) is 3. The molecule has 1 aliphatic heterocycles. The maximum Gasteiger partial charge on any atom is 0.472 e. The van der Waals surface area contributed by atoms with Gasteiger partial charge >= 0.3 is 7.82 Å². The lowest BCUT2D eigenvalue weighted by Gasteiger charge is -2.39. The third-order valence-electron chi connectivity index (χ3n) is 2.74. The van der Waals surface area contributed by atoms with Gasteiger partial charge in [-0.1, -0.05) is 43.6 Å². The highest BCUT2D eigenvalue weighted by Crippen LogP contribution is 2.58. The molecule has 1 aliphatic rings. The minimum Gasteiger partial charge on any atom is -0.302 e. The highest BCUT2D eigenvalue weighted by atomic mass is 35.5. The van der Waals surface area contributed by atoms with Gasteiger partial charge in [-0.15, -0.1) is 0 Å². The van der Waals surface area contributed by atoms with Crippen LogP contribution in [0.1, 0.15) is 25.5 Å². The van der Waals surface area contributed by atoms with Gasteiger partial charge < -0.3 is 4.89 Å². The molecule has 17 heavy (non-hydrogen) atoms. The topological polar surface area (TPSA) is 55.8 Å². The summed E-state index contributed by atoms with van der Waals surface area (Å²) in [5.74, 6) is 0. The molecule has 0 radical (unpaired) electrons. The summed E-state index contributed by atoms with van der Waals surface area (Å²) in [5.41, 5.74) is 0.290. The number of phosphoric ester groups is 1. The lowest BCUT2D eigenvalue weighted by Crippen LogP contribution is -2.33. The Bertz CT molecular complexity index is 474. The van der Waals surface area contributed by atoms with Crippen LogP contribution in [0, 0.1) is 5.41 Å². The van der Waals surface area contributed by atoms with Crippen molar-refractivity contribution in [1.29, 1.82) is 0 Å². The Morgan fingerprint density at radius 3 is 2.76 bits per heavy atom. The van der Waals surface area contributed by atoms with E-state index in [2.05, 4.69) is 0 Å². The monoisotopic (exact) mass is 276 g/mol. The third kappa shape index (κ3) is 2.72. The molecule has 4 nitrogen and oxygen atoms in total. The molecule has 0 bridgehead atoms. The van der Waals surface area contributed by atoms with Crippen molar-refractivity contribution in [2.24, 2.45) is 5.41 Å². The summed E-state index contributed by atoms with van der Waals surface area (Å²) in [5, 5.41) is 0.521. The second-order valence-electron chi connectivity index (χ2n) is 4.74. The van der Waals surface area contributed by atoms with Gasteiger partial charge in [-0.05, 0) is 6.07 Å². The molecule has 1 saturated heterocycles. The summed E-state index contributed by atoms with van der Waals surface area (Å²) in [6.07, 6.45) is -0.555. The molecular formula is C11H14ClO4P. The van der Waals surface area contributed by atoms with Crippen LogP contribution in [0.5, 0.6) is 0 Å². The lowest BCUT2D eigenvalue weighted by atomic mass is 9.83. The van der Waals surface area contributed by atoms with Crippen LogP contribution in [0.25, 0.3) is 0 Å². The maximum absolute atomic E-state index is 11.5. The maximum atomic E-state index is 11.5. The predicted molar refractivity (Wildman–Crippen MR) is 64.8 cm³/mol. The van der Waals surface area contributed by atoms with Crippen LogP contribution >= 0.6 is 19.4 Å². The number of benzene rings is 1. The van der Waals surface area contributed by atoms with Crippen molar-refractivity contribution in [3.63, 3.8) is 0 Å². The Kier molecular flexibility index (Phi) is 3.36. The van der Waals surface area contributed by atoms with E-state index in [9.17, 15) is 9.46 Å². The van der Waals surface area contributed by atoms with Gasteiger partial charge in [0, 0.05) is 16.0 Å². The molecule has 1 N–H and O–H groups in total. The summed E-state index contributed by atoms with van der Waals surface area (Å²) in [7, 11) is -3.97. The van der Waals surface area contributed by atoms with E-state index in [-0.39, 0.29) is 6.61 Å². The molecule has 0 aliphatic carbocycles. The molecule has 0 saturated carbocycles. The van der Waals surface area contributed by atoms with Crippen molar-refractivity contribution in [2.75, 3.05) is 6.61 Å². The van der Waals surface area contributed by atoms with E-state index in [4.69, 9.17) is 20.6 Å². The molecule has 1 unspecified atom stereocenters. The van der Waals surface area contributed by atoms with E-state index >= 15 is 0 Å². The zero-order chi connectivity index (χ0) is 12.7. The fourth-order valence-electron chi connectivity index (χ4n) is 1.80. The first-order chi connectivity index (χ1) is 7.82. The summed E-state index contributed by atoms with van der Waals surface area (Å²) in [6.45, 7) is 3.96. The Morgan fingerprint density at radius 1 is 1.47 bits per heavy atom. The average molecular weight is 277 g/mol. The van der Waals surface area contributed by atoms with Crippen LogP contribution in [0.3, 0.4) is 0 Å². The normalized spacial score (nSPS) is 32.4. The standard InChI is InChI=1S/C11H14ClO4P/c1-11(2)7-15-17(13,14)16-10(11)8-5-3-4-6-9(8)12/h3-6,10H,7H2,1-2H3,(H,13,14)/t10-/m0/s1. The van der Waals surface area contributed by atoms with Crippen molar-refractivity contribution >= 4 is 19.4 Å². The summed E-state index contributed by atoms with van der Waals surface area (Å²) >= 11 is 6.09. The highest BCUT2D eigenvalue weighted by molar-refractivity contribution is 7.47. The van der Waals surface area contributed by atoms with Crippen LogP contribution < -0.4 is 0 Å². The smallest absolute Gasteiger partial charge is 0.302 e. The first-order valence-corrected chi connectivity index (χ1v) is 7.09. The summed E-state index contributed by atoms with van der Waals surface area (Å²) < 4.78 is 21.5. The van der Waals surface area contributed by atoms with E-state index in [1.807, 2.05) is 19.9 Å². The van der Waals surface area contributed by atoms with Crippen molar-refractivity contribution in [1.82, 2.24) is 0 Å². The molecule has 1 fully saturated rings. The van der Waals surface area contributed by atoms with Crippen LogP contribution in [0.4, 0.5) is 0 Å². The number of rotatable bonds is 1. The van der Waals surface area contributed by atoms with Crippen LogP contribution in [-0.2, 0) is 13.6 Å². The fraction of sp³-hybridized carbons (Fsp3) is 0.455. The molecule has 6 heteroatoms. The van der Waals surface area contributed by atoms with Gasteiger partial charge in [-0.3, -0.25) is 9.05 Å². The van der Waals surface area contributed by atoms with Gasteiger partial charge in [0.2, 0.25) is 0 Å². The Labute approximate surface area is 105 Å². The zero-order valence-corrected chi connectivity index (χ0v) is 11.2. The van der Waals surface area contributed by atoms with Crippen molar-refractivity contribution < 1.29 is 18.5 Å². The fourth-order valence-corrected chi connectivity index (χ4v) is 3.25. The SMILES string of the molecule is CC1(C)COP(=O)(O)O[C@H]1c1ccccc1Cl. The highest BCUT2D eigenvalue weighted by Gasteiger charge is 2.45. The molecule has 2 rings (SSSR count). The van der Waals surface area contributed by atoms with E-state index in [0.717, 1.165) is 0 Å². The first kappa shape index (κ1) is 13.1. The predicted octanol–water partition coefficient (Wildman–Crippen LogP) is 3.55. The van der Waals surface area contributed by atoms with Crippen LogP contribution in [0.2, 0.25) is 5.02 Å². The lowest BCUT2D eigenvalue weighted by molar-refractivity contribution is -0.0472. The van der Waals surface area contributed by atoms with Crippen LogP contribution in [-0.4, -0.2) is 11.5 Å². The second kappa shape index (κ2) is 4.38. The first-order valence-electron chi connectivity index (χ1n) is 5.22. The van der Waals surface area contributed by atoms with Gasteiger partial charge in [0.25, 0.3) is 0 Å². The molecule has 0 spiro atoms. The third-order valence-corrected chi connectivity index (χ3v) is 4.01. The van der Waals surface area contributed by atoms with Gasteiger partial charge in [-0.25, -0.2) is 4.57 Å². The Hall–Kier alpha value is -0.380. The molecule has 1 aromatic carbocycles. The van der Waals surface area contributed by atoms with Crippen molar-refractivity contribution in [3.8, 4) is 0 Å². The molecule has 1 aromatic rings. The molecular weight excluding hydrogens is 263 g/mol. The number of halogens is 1. The molecule has 2 atom stereocenters. The Morgan fingerprint density at radius 2 is 2.12 bits per heavy atom. The van der Waals surface area contributed by atoms with Crippen molar-refractivity contribution in [2.45, 2.75) is 20.0 Å². The van der Waals surface area contributed by atoms with E-state index in [0.29, 0.717) is 10.6 Å². The van der Waals surface area contributed by atoms with Gasteiger partial charge in [-0.2, -0.15) is 0 Å². The van der Waals surface area contributed by atoms with Crippen LogP contribution in [0.15, 0.2) is 24.3 Å². The quantitative estimate of drug-likeness (QED) is 0.797. The molecule has 0 aromatic heterocycles. The number of hydrogen-bond donors (Lipinski definition) is 1. The van der Waals surface area contributed by atoms with E-state index in [1.165, 1.54) is 0 Å². The van der Waals surface area contributed by atoms with E-state index in [1.54, 1.807) is 18.2 Å². The summed E-state index contributed by atoms with van der Waals surface area (Å²) in [4.78, 5) is 9.40. The van der Waals surface area contributed by atoms with Gasteiger partial charge in [0.1, 0.15) is 6.10 Å². The molecule has 1 heterocycles. The van der Waals surface area contributed by atoms with Gasteiger partial charge in [0.15, 0.2) is 0 Å². The van der Waals surface area contributed by atoms with E-state index < -0.39 is 19.3 Å².